The molecule has 112 valence electrons. The lowest BCUT2D eigenvalue weighted by atomic mass is 9.99. The summed E-state index contributed by atoms with van der Waals surface area (Å²) >= 11 is 1.42. The van der Waals surface area contributed by atoms with Gasteiger partial charge in [0.05, 0.1) is 6.54 Å². The quantitative estimate of drug-likeness (QED) is 0.857. The Hall–Kier alpha value is -1.05. The summed E-state index contributed by atoms with van der Waals surface area (Å²) in [6, 6.07) is 0. The predicted molar refractivity (Wildman–Crippen MR) is 78.9 cm³/mol. The van der Waals surface area contributed by atoms with Crippen molar-refractivity contribution in [1.82, 2.24) is 15.1 Å². The zero-order valence-corrected chi connectivity index (χ0v) is 12.8. The third-order valence-electron chi connectivity index (χ3n) is 3.41. The molecule has 0 aromatic carbocycles. The number of rotatable bonds is 5. The molecule has 2 rings (SSSR count). The van der Waals surface area contributed by atoms with E-state index in [2.05, 4.69) is 34.3 Å². The number of anilines is 1. The Morgan fingerprint density at radius 1 is 1.55 bits per heavy atom. The number of hydrogen-bond donors (Lipinski definition) is 2. The number of aliphatic hydroxyl groups is 1. The van der Waals surface area contributed by atoms with E-state index in [-0.39, 0.29) is 12.5 Å². The fourth-order valence-electron chi connectivity index (χ4n) is 2.32. The van der Waals surface area contributed by atoms with Gasteiger partial charge in [0.2, 0.25) is 11.0 Å². The first-order chi connectivity index (χ1) is 9.58. The number of nitrogens with one attached hydrogen (secondary N) is 1. The van der Waals surface area contributed by atoms with Gasteiger partial charge in [0, 0.05) is 19.1 Å². The first-order valence-corrected chi connectivity index (χ1v) is 7.86. The van der Waals surface area contributed by atoms with Crippen LogP contribution in [0.15, 0.2) is 0 Å². The highest BCUT2D eigenvalue weighted by atomic mass is 32.1. The van der Waals surface area contributed by atoms with Gasteiger partial charge in [0.25, 0.3) is 0 Å². The van der Waals surface area contributed by atoms with Crippen LogP contribution in [0.5, 0.6) is 0 Å². The van der Waals surface area contributed by atoms with Crippen LogP contribution in [0.25, 0.3) is 0 Å². The Kier molecular flexibility index (Phi) is 5.45. The molecule has 1 aromatic rings. The van der Waals surface area contributed by atoms with Crippen molar-refractivity contribution in [2.24, 2.45) is 5.92 Å². The second kappa shape index (κ2) is 7.10. The van der Waals surface area contributed by atoms with E-state index in [9.17, 15) is 9.90 Å². The fraction of sp³-hybridized carbons (Fsp3) is 0.769. The van der Waals surface area contributed by atoms with Crippen LogP contribution in [0.4, 0.5) is 5.13 Å². The van der Waals surface area contributed by atoms with Crippen molar-refractivity contribution < 1.29 is 9.90 Å². The number of aliphatic hydroxyl groups excluding tert-OH is 1. The lowest BCUT2D eigenvalue weighted by Crippen LogP contribution is -2.41. The number of carbonyl (C=O) groups excluding carboxylic acids is 1. The molecule has 1 aliphatic rings. The van der Waals surface area contributed by atoms with Crippen LogP contribution in [0.3, 0.4) is 0 Å². The first kappa shape index (κ1) is 15.3. The van der Waals surface area contributed by atoms with Crippen molar-refractivity contribution in [2.75, 3.05) is 31.6 Å². The topological polar surface area (TPSA) is 78.4 Å². The van der Waals surface area contributed by atoms with Crippen molar-refractivity contribution in [3.8, 4) is 0 Å². The van der Waals surface area contributed by atoms with E-state index in [1.165, 1.54) is 11.3 Å². The standard InChI is InChI=1S/C13H22N4O2S/c1-9(2)12-15-16-13(20-12)14-11(19)7-17-5-3-4-10(6-17)8-18/h9-10,18H,3-8H2,1-2H3,(H,14,16,19). The van der Waals surface area contributed by atoms with Gasteiger partial charge in [-0.25, -0.2) is 0 Å². The van der Waals surface area contributed by atoms with Gasteiger partial charge in [0.1, 0.15) is 5.01 Å². The van der Waals surface area contributed by atoms with Gasteiger partial charge in [-0.15, -0.1) is 10.2 Å². The number of piperidine rings is 1. The van der Waals surface area contributed by atoms with Gasteiger partial charge in [0.15, 0.2) is 0 Å². The zero-order valence-electron chi connectivity index (χ0n) is 12.0. The van der Waals surface area contributed by atoms with Gasteiger partial charge in [-0.2, -0.15) is 0 Å². The second-order valence-corrected chi connectivity index (χ2v) is 6.58. The van der Waals surface area contributed by atoms with E-state index in [0.29, 0.717) is 23.5 Å². The normalized spacial score (nSPS) is 20.3. The number of amides is 1. The van der Waals surface area contributed by atoms with E-state index in [4.69, 9.17) is 0 Å². The third-order valence-corrected chi connectivity index (χ3v) is 4.55. The van der Waals surface area contributed by atoms with Crippen LogP contribution in [0, 0.1) is 5.92 Å². The van der Waals surface area contributed by atoms with E-state index in [1.807, 2.05) is 0 Å². The number of likely N-dealkylation sites (tertiary alicyclic amines) is 1. The largest absolute Gasteiger partial charge is 0.396 e. The van der Waals surface area contributed by atoms with Gasteiger partial charge in [-0.05, 0) is 25.3 Å². The van der Waals surface area contributed by atoms with Crippen LogP contribution in [-0.4, -0.2) is 52.4 Å². The smallest absolute Gasteiger partial charge is 0.240 e. The number of carbonyl (C=O) groups is 1. The van der Waals surface area contributed by atoms with Crippen molar-refractivity contribution in [3.63, 3.8) is 0 Å². The highest BCUT2D eigenvalue weighted by molar-refractivity contribution is 7.15. The molecule has 1 amide bonds. The molecule has 1 aromatic heterocycles. The molecule has 0 saturated carbocycles. The molecule has 1 unspecified atom stereocenters. The molecule has 2 heterocycles. The number of hydrogen-bond acceptors (Lipinski definition) is 6. The lowest BCUT2D eigenvalue weighted by Gasteiger charge is -2.30. The van der Waals surface area contributed by atoms with Crippen molar-refractivity contribution >= 4 is 22.4 Å². The van der Waals surface area contributed by atoms with E-state index in [1.54, 1.807) is 0 Å². The molecule has 20 heavy (non-hydrogen) atoms. The van der Waals surface area contributed by atoms with Gasteiger partial charge < -0.3 is 5.11 Å². The van der Waals surface area contributed by atoms with Gasteiger partial charge in [-0.1, -0.05) is 25.2 Å². The Bertz CT molecular complexity index is 449. The van der Waals surface area contributed by atoms with Crippen LogP contribution in [-0.2, 0) is 4.79 Å². The second-order valence-electron chi connectivity index (χ2n) is 5.57. The maximum atomic E-state index is 12.0. The minimum Gasteiger partial charge on any atom is -0.396 e. The molecule has 2 N–H and O–H groups in total. The summed E-state index contributed by atoms with van der Waals surface area (Å²) < 4.78 is 0. The molecular formula is C13H22N4O2S. The highest BCUT2D eigenvalue weighted by Gasteiger charge is 2.21. The minimum atomic E-state index is -0.0601. The maximum Gasteiger partial charge on any atom is 0.240 e. The molecule has 1 atom stereocenters. The number of nitrogens with zero attached hydrogens (tertiary/aromatic N) is 3. The van der Waals surface area contributed by atoms with Crippen molar-refractivity contribution in [3.05, 3.63) is 5.01 Å². The molecular weight excluding hydrogens is 276 g/mol. The Labute approximate surface area is 123 Å². The summed E-state index contributed by atoms with van der Waals surface area (Å²) in [4.78, 5) is 14.1. The third kappa shape index (κ3) is 4.22. The van der Waals surface area contributed by atoms with Gasteiger partial charge >= 0.3 is 0 Å². The fourth-order valence-corrected chi connectivity index (χ4v) is 3.09. The summed E-state index contributed by atoms with van der Waals surface area (Å²) in [6.45, 7) is 6.36. The summed E-state index contributed by atoms with van der Waals surface area (Å²) in [5.41, 5.74) is 0. The Morgan fingerprint density at radius 3 is 3.00 bits per heavy atom. The number of aromatic nitrogens is 2. The van der Waals surface area contributed by atoms with Crippen molar-refractivity contribution in [2.45, 2.75) is 32.6 Å². The monoisotopic (exact) mass is 298 g/mol. The predicted octanol–water partition coefficient (Wildman–Crippen LogP) is 1.30. The first-order valence-electron chi connectivity index (χ1n) is 7.05. The van der Waals surface area contributed by atoms with Crippen LogP contribution >= 0.6 is 11.3 Å². The maximum absolute atomic E-state index is 12.0. The van der Waals surface area contributed by atoms with Crippen LogP contribution in [0.2, 0.25) is 0 Å². The van der Waals surface area contributed by atoms with Gasteiger partial charge in [-0.3, -0.25) is 15.0 Å². The minimum absolute atomic E-state index is 0.0601. The van der Waals surface area contributed by atoms with E-state index in [0.717, 1.165) is 30.9 Å². The molecule has 0 aliphatic carbocycles. The van der Waals surface area contributed by atoms with Crippen LogP contribution < -0.4 is 5.32 Å². The molecule has 7 heteroatoms. The molecule has 1 aliphatic heterocycles. The highest BCUT2D eigenvalue weighted by Crippen LogP contribution is 2.22. The summed E-state index contributed by atoms with van der Waals surface area (Å²) in [5, 5.41) is 21.5. The Balaban J connectivity index is 1.82. The van der Waals surface area contributed by atoms with E-state index < -0.39 is 0 Å². The zero-order chi connectivity index (χ0) is 14.5. The van der Waals surface area contributed by atoms with Crippen LogP contribution in [0.1, 0.15) is 37.6 Å². The van der Waals surface area contributed by atoms with Crippen molar-refractivity contribution in [1.29, 1.82) is 0 Å². The average molecular weight is 298 g/mol. The Morgan fingerprint density at radius 2 is 2.35 bits per heavy atom. The molecule has 6 nitrogen and oxygen atoms in total. The molecule has 0 radical (unpaired) electrons. The molecule has 1 fully saturated rings. The lowest BCUT2D eigenvalue weighted by molar-refractivity contribution is -0.117. The summed E-state index contributed by atoms with van der Waals surface area (Å²) in [5.74, 6) is 0.561. The van der Waals surface area contributed by atoms with E-state index >= 15 is 0 Å². The summed E-state index contributed by atoms with van der Waals surface area (Å²) in [6.07, 6.45) is 2.08. The molecule has 0 spiro atoms. The SMILES string of the molecule is CC(C)c1nnc(NC(=O)CN2CCCC(CO)C2)s1. The molecule has 1 saturated heterocycles. The average Bonchev–Trinajstić information content (AvgIpc) is 2.87. The summed E-state index contributed by atoms with van der Waals surface area (Å²) in [7, 11) is 0. The molecule has 0 bridgehead atoms.